The van der Waals surface area contributed by atoms with Crippen molar-refractivity contribution in [3.8, 4) is 0 Å². The number of hydrogen-bond donors (Lipinski definition) is 1. The van der Waals surface area contributed by atoms with Gasteiger partial charge in [0.05, 0.1) is 0 Å². The molecule has 0 bridgehead atoms. The van der Waals surface area contributed by atoms with E-state index in [1.807, 2.05) is 0 Å². The Morgan fingerprint density at radius 2 is 2.00 bits per heavy atom. The Bertz CT molecular complexity index is 381. The van der Waals surface area contributed by atoms with Crippen LogP contribution in [0.15, 0.2) is 0 Å². The number of carboxylic acids is 1. The molecule has 4 amide bonds. The summed E-state index contributed by atoms with van der Waals surface area (Å²) < 4.78 is 0. The highest BCUT2D eigenvalue weighted by atomic mass is 16.4. The molecule has 0 aromatic carbocycles. The van der Waals surface area contributed by atoms with Crippen molar-refractivity contribution < 1.29 is 24.3 Å². The van der Waals surface area contributed by atoms with Crippen molar-refractivity contribution in [3.63, 3.8) is 0 Å². The maximum absolute atomic E-state index is 11.5. The summed E-state index contributed by atoms with van der Waals surface area (Å²) in [4.78, 5) is 47.6. The molecule has 0 atom stereocenters. The Kier molecular flexibility index (Phi) is 3.66. The Labute approximate surface area is 97.4 Å². The van der Waals surface area contributed by atoms with Gasteiger partial charge in [-0.3, -0.25) is 19.3 Å². The molecule has 0 saturated carbocycles. The number of imide groups is 1. The summed E-state index contributed by atoms with van der Waals surface area (Å²) >= 11 is 0. The van der Waals surface area contributed by atoms with Gasteiger partial charge < -0.3 is 14.9 Å². The molecule has 1 N–H and O–H groups in total. The second-order valence-corrected chi connectivity index (χ2v) is 3.76. The molecule has 1 heterocycles. The van der Waals surface area contributed by atoms with E-state index in [9.17, 15) is 19.2 Å². The van der Waals surface area contributed by atoms with E-state index in [1.165, 1.54) is 19.0 Å². The monoisotopic (exact) mass is 243 g/mol. The number of amides is 4. The lowest BCUT2D eigenvalue weighted by Crippen LogP contribution is -2.43. The van der Waals surface area contributed by atoms with Crippen molar-refractivity contribution in [2.75, 3.05) is 33.7 Å². The Balaban J connectivity index is 2.60. The first kappa shape index (κ1) is 12.9. The zero-order valence-electron chi connectivity index (χ0n) is 9.54. The maximum atomic E-state index is 11.5. The fraction of sp³-hybridized carbons (Fsp3) is 0.556. The normalized spacial score (nSPS) is 15.4. The van der Waals surface area contributed by atoms with Crippen LogP contribution in [0.4, 0.5) is 4.79 Å². The average Bonchev–Trinajstić information content (AvgIpc) is 2.44. The van der Waals surface area contributed by atoms with Crippen molar-refractivity contribution in [1.82, 2.24) is 14.7 Å². The lowest BCUT2D eigenvalue weighted by atomic mass is 10.4. The van der Waals surface area contributed by atoms with Crippen LogP contribution < -0.4 is 0 Å². The molecule has 0 unspecified atom stereocenters. The van der Waals surface area contributed by atoms with Crippen LogP contribution in [-0.2, 0) is 14.4 Å². The van der Waals surface area contributed by atoms with E-state index in [4.69, 9.17) is 5.11 Å². The second-order valence-electron chi connectivity index (χ2n) is 3.76. The highest BCUT2D eigenvalue weighted by molar-refractivity contribution is 6.04. The van der Waals surface area contributed by atoms with E-state index in [1.54, 1.807) is 0 Å². The lowest BCUT2D eigenvalue weighted by molar-refractivity contribution is -0.144. The molecule has 0 aliphatic carbocycles. The van der Waals surface area contributed by atoms with Crippen LogP contribution >= 0.6 is 0 Å². The molecule has 1 aliphatic heterocycles. The molecule has 0 radical (unpaired) electrons. The molecule has 0 spiro atoms. The van der Waals surface area contributed by atoms with E-state index in [0.717, 1.165) is 9.80 Å². The first-order valence-electron chi connectivity index (χ1n) is 4.84. The van der Waals surface area contributed by atoms with E-state index in [2.05, 4.69) is 0 Å². The summed E-state index contributed by atoms with van der Waals surface area (Å²) in [5.74, 6) is -2.21. The van der Waals surface area contributed by atoms with Crippen LogP contribution in [0, 0.1) is 0 Å². The summed E-state index contributed by atoms with van der Waals surface area (Å²) in [5.41, 5.74) is 0. The highest BCUT2D eigenvalue weighted by Gasteiger charge is 2.35. The predicted octanol–water partition coefficient (Wildman–Crippen LogP) is -1.58. The van der Waals surface area contributed by atoms with Gasteiger partial charge in [-0.1, -0.05) is 0 Å². The number of nitrogens with zero attached hydrogens (tertiary/aromatic N) is 3. The fourth-order valence-electron chi connectivity index (χ4n) is 1.37. The molecule has 8 heteroatoms. The minimum absolute atomic E-state index is 0.0608. The van der Waals surface area contributed by atoms with Crippen LogP contribution in [0.1, 0.15) is 0 Å². The SMILES string of the molecule is CN(CC(=O)O)C(=O)CN1C(=O)CN(C)C1=O. The molecule has 1 fully saturated rings. The highest BCUT2D eigenvalue weighted by Crippen LogP contribution is 2.07. The summed E-state index contributed by atoms with van der Waals surface area (Å²) in [5, 5.41) is 8.49. The minimum atomic E-state index is -1.16. The molecular formula is C9H13N3O5. The molecule has 1 saturated heterocycles. The molecule has 1 aliphatic rings. The largest absolute Gasteiger partial charge is 0.480 e. The van der Waals surface area contributed by atoms with Gasteiger partial charge >= 0.3 is 12.0 Å². The van der Waals surface area contributed by atoms with E-state index < -0.39 is 36.9 Å². The van der Waals surface area contributed by atoms with Crippen LogP contribution in [0.5, 0.6) is 0 Å². The van der Waals surface area contributed by atoms with Gasteiger partial charge in [-0.2, -0.15) is 0 Å². The number of likely N-dealkylation sites (N-methyl/N-ethyl adjacent to an activating group) is 2. The lowest BCUT2D eigenvalue weighted by Gasteiger charge is -2.18. The Hall–Kier alpha value is -2.12. The molecular weight excluding hydrogens is 230 g/mol. The van der Waals surface area contributed by atoms with Crippen LogP contribution in [0.25, 0.3) is 0 Å². The van der Waals surface area contributed by atoms with E-state index in [0.29, 0.717) is 0 Å². The zero-order chi connectivity index (χ0) is 13.2. The number of carbonyl (C=O) groups is 4. The van der Waals surface area contributed by atoms with Crippen molar-refractivity contribution >= 4 is 23.8 Å². The maximum Gasteiger partial charge on any atom is 0.327 e. The van der Waals surface area contributed by atoms with Crippen molar-refractivity contribution in [1.29, 1.82) is 0 Å². The second kappa shape index (κ2) is 4.81. The van der Waals surface area contributed by atoms with Gasteiger partial charge in [0.25, 0.3) is 5.91 Å². The van der Waals surface area contributed by atoms with Crippen LogP contribution in [0.2, 0.25) is 0 Å². The molecule has 0 aromatic heterocycles. The summed E-state index contributed by atoms with van der Waals surface area (Å²) in [7, 11) is 2.75. The summed E-state index contributed by atoms with van der Waals surface area (Å²) in [6.07, 6.45) is 0. The third-order valence-electron chi connectivity index (χ3n) is 2.32. The van der Waals surface area contributed by atoms with Crippen molar-refractivity contribution in [2.45, 2.75) is 0 Å². The predicted molar refractivity (Wildman–Crippen MR) is 55.0 cm³/mol. The standard InChI is InChI=1S/C9H13N3O5/c1-10(5-8(15)16)6(13)4-12-7(14)3-11(2)9(12)17/h3-5H2,1-2H3,(H,15,16). The Morgan fingerprint density at radius 1 is 1.41 bits per heavy atom. The number of aliphatic carboxylic acids is 1. The number of hydrogen-bond acceptors (Lipinski definition) is 4. The van der Waals surface area contributed by atoms with Gasteiger partial charge in [-0.25, -0.2) is 4.79 Å². The van der Waals surface area contributed by atoms with Gasteiger partial charge in [-0.15, -0.1) is 0 Å². The van der Waals surface area contributed by atoms with Crippen molar-refractivity contribution in [2.24, 2.45) is 0 Å². The Morgan fingerprint density at radius 3 is 2.41 bits per heavy atom. The molecule has 1 rings (SSSR count). The number of carbonyl (C=O) groups excluding carboxylic acids is 3. The minimum Gasteiger partial charge on any atom is -0.480 e. The van der Waals surface area contributed by atoms with Gasteiger partial charge in [-0.05, 0) is 0 Å². The van der Waals surface area contributed by atoms with Gasteiger partial charge in [0.15, 0.2) is 0 Å². The van der Waals surface area contributed by atoms with Crippen LogP contribution in [0.3, 0.4) is 0 Å². The molecule has 17 heavy (non-hydrogen) atoms. The topological polar surface area (TPSA) is 98.2 Å². The third-order valence-corrected chi connectivity index (χ3v) is 2.32. The molecule has 94 valence electrons. The summed E-state index contributed by atoms with van der Waals surface area (Å²) in [6.45, 7) is -0.953. The van der Waals surface area contributed by atoms with Crippen LogP contribution in [-0.4, -0.2) is 77.4 Å². The van der Waals surface area contributed by atoms with Crippen molar-refractivity contribution in [3.05, 3.63) is 0 Å². The fourth-order valence-corrected chi connectivity index (χ4v) is 1.37. The number of urea groups is 1. The average molecular weight is 243 g/mol. The van der Waals surface area contributed by atoms with E-state index >= 15 is 0 Å². The first-order valence-corrected chi connectivity index (χ1v) is 4.84. The first-order chi connectivity index (χ1) is 7.82. The van der Waals surface area contributed by atoms with E-state index in [-0.39, 0.29) is 6.54 Å². The zero-order valence-corrected chi connectivity index (χ0v) is 9.54. The number of rotatable bonds is 4. The van der Waals surface area contributed by atoms with Gasteiger partial charge in [0.1, 0.15) is 19.6 Å². The van der Waals surface area contributed by atoms with Gasteiger partial charge in [0, 0.05) is 14.1 Å². The smallest absolute Gasteiger partial charge is 0.327 e. The number of carboxylic acid groups (broad SMARTS) is 1. The molecule has 8 nitrogen and oxygen atoms in total. The van der Waals surface area contributed by atoms with Gasteiger partial charge in [0.2, 0.25) is 5.91 Å². The molecule has 0 aromatic rings. The third kappa shape index (κ3) is 2.92. The quantitative estimate of drug-likeness (QED) is 0.601. The summed E-state index contributed by atoms with van der Waals surface area (Å²) in [6, 6.07) is -0.549.